The second-order valence-electron chi connectivity index (χ2n) is 8.20. The summed E-state index contributed by atoms with van der Waals surface area (Å²) in [6.45, 7) is 1.70. The smallest absolute Gasteiger partial charge is 0.233 e. The highest BCUT2D eigenvalue weighted by Gasteiger charge is 2.47. The number of nitrogens with one attached hydrogen (secondary N) is 1. The number of imide groups is 1. The lowest BCUT2D eigenvalue weighted by molar-refractivity contribution is -0.140. The molecule has 3 fully saturated rings. The molecule has 2 aliphatic carbocycles. The highest BCUT2D eigenvalue weighted by Crippen LogP contribution is 2.37. The first-order valence-corrected chi connectivity index (χ1v) is 10.4. The summed E-state index contributed by atoms with van der Waals surface area (Å²) in [5, 5.41) is 2.94. The van der Waals surface area contributed by atoms with Gasteiger partial charge in [-0.05, 0) is 32.7 Å². The summed E-state index contributed by atoms with van der Waals surface area (Å²) >= 11 is 0. The molecule has 26 heavy (non-hydrogen) atoms. The van der Waals surface area contributed by atoms with Crippen LogP contribution in [0.15, 0.2) is 0 Å². The van der Waals surface area contributed by atoms with Gasteiger partial charge in [0.15, 0.2) is 0 Å². The van der Waals surface area contributed by atoms with E-state index in [1.807, 2.05) is 0 Å². The second kappa shape index (κ2) is 8.98. The summed E-state index contributed by atoms with van der Waals surface area (Å²) in [4.78, 5) is 40.6. The Bertz CT molecular complexity index is 506. The van der Waals surface area contributed by atoms with Gasteiger partial charge in [0.1, 0.15) is 0 Å². The zero-order valence-corrected chi connectivity index (χ0v) is 16.0. The van der Waals surface area contributed by atoms with E-state index in [2.05, 4.69) is 17.3 Å². The first-order valence-electron chi connectivity index (χ1n) is 10.4. The van der Waals surface area contributed by atoms with E-state index in [0.29, 0.717) is 12.6 Å². The van der Waals surface area contributed by atoms with E-state index in [1.54, 1.807) is 0 Å². The molecule has 0 aromatic rings. The summed E-state index contributed by atoms with van der Waals surface area (Å²) in [5.74, 6) is -0.418. The van der Waals surface area contributed by atoms with Crippen LogP contribution < -0.4 is 5.32 Å². The molecule has 0 radical (unpaired) electrons. The van der Waals surface area contributed by atoms with Crippen LogP contribution >= 0.6 is 0 Å². The molecule has 146 valence electrons. The SMILES string of the molecule is CN(CCNC(=O)CCN1C(=O)C2CCCCC2C1=O)C1CCCCC1. The second-order valence-corrected chi connectivity index (χ2v) is 8.20. The number of hydrogen-bond acceptors (Lipinski definition) is 4. The molecule has 2 unspecified atom stereocenters. The van der Waals surface area contributed by atoms with Gasteiger partial charge in [-0.3, -0.25) is 19.3 Å². The molecule has 6 nitrogen and oxygen atoms in total. The predicted octanol–water partition coefficient (Wildman–Crippen LogP) is 1.93. The molecule has 1 N–H and O–H groups in total. The number of likely N-dealkylation sites (N-methyl/N-ethyl adjacent to an activating group) is 1. The minimum Gasteiger partial charge on any atom is -0.355 e. The summed E-state index contributed by atoms with van der Waals surface area (Å²) < 4.78 is 0. The number of amides is 3. The molecule has 1 heterocycles. The van der Waals surface area contributed by atoms with E-state index in [9.17, 15) is 14.4 Å². The van der Waals surface area contributed by atoms with Crippen molar-refractivity contribution in [3.8, 4) is 0 Å². The molecule has 0 spiro atoms. The molecule has 3 rings (SSSR count). The average molecular weight is 364 g/mol. The van der Waals surface area contributed by atoms with E-state index in [4.69, 9.17) is 0 Å². The van der Waals surface area contributed by atoms with E-state index in [0.717, 1.165) is 32.2 Å². The topological polar surface area (TPSA) is 69.7 Å². The molecule has 6 heteroatoms. The Balaban J connectivity index is 1.36. The van der Waals surface area contributed by atoms with Crippen molar-refractivity contribution in [2.75, 3.05) is 26.7 Å². The number of carbonyl (C=O) groups excluding carboxylic acids is 3. The third-order valence-corrected chi connectivity index (χ3v) is 6.48. The zero-order chi connectivity index (χ0) is 18.5. The normalized spacial score (nSPS) is 27.1. The minimum absolute atomic E-state index is 0.0514. The molecule has 1 aliphatic heterocycles. The highest BCUT2D eigenvalue weighted by molar-refractivity contribution is 6.05. The van der Waals surface area contributed by atoms with Gasteiger partial charge in [0.25, 0.3) is 0 Å². The maximum atomic E-state index is 12.4. The summed E-state index contributed by atoms with van der Waals surface area (Å²) in [6.07, 6.45) is 10.4. The van der Waals surface area contributed by atoms with Gasteiger partial charge in [-0.15, -0.1) is 0 Å². The Morgan fingerprint density at radius 1 is 1.00 bits per heavy atom. The lowest BCUT2D eigenvalue weighted by Crippen LogP contribution is -2.40. The molecule has 3 aliphatic rings. The first kappa shape index (κ1) is 19.3. The van der Waals surface area contributed by atoms with Gasteiger partial charge in [0.2, 0.25) is 17.7 Å². The Labute approximate surface area is 156 Å². The number of carbonyl (C=O) groups is 3. The number of likely N-dealkylation sites (tertiary alicyclic amines) is 1. The van der Waals surface area contributed by atoms with Crippen LogP contribution in [0.2, 0.25) is 0 Å². The predicted molar refractivity (Wildman–Crippen MR) is 99.3 cm³/mol. The van der Waals surface area contributed by atoms with Crippen LogP contribution in [0.4, 0.5) is 0 Å². The molecule has 1 saturated heterocycles. The third kappa shape index (κ3) is 4.45. The van der Waals surface area contributed by atoms with Gasteiger partial charge in [0, 0.05) is 32.1 Å². The van der Waals surface area contributed by atoms with Crippen molar-refractivity contribution in [2.24, 2.45) is 11.8 Å². The molecular weight excluding hydrogens is 330 g/mol. The standard InChI is InChI=1S/C20H33N3O3/c1-22(15-7-3-2-4-8-15)14-12-21-18(24)11-13-23-19(25)16-9-5-6-10-17(16)20(23)26/h15-17H,2-14H2,1H3,(H,21,24). The fraction of sp³-hybridized carbons (Fsp3) is 0.850. The first-order chi connectivity index (χ1) is 12.6. The molecule has 2 atom stereocenters. The number of fused-ring (bicyclic) bond motifs is 1. The number of hydrogen-bond donors (Lipinski definition) is 1. The molecule has 3 amide bonds. The Kier molecular flexibility index (Phi) is 6.68. The molecule has 0 bridgehead atoms. The maximum absolute atomic E-state index is 12.4. The van der Waals surface area contributed by atoms with Gasteiger partial charge in [-0.25, -0.2) is 0 Å². The average Bonchev–Trinajstić information content (AvgIpc) is 2.91. The summed E-state index contributed by atoms with van der Waals surface area (Å²) in [6, 6.07) is 0.642. The van der Waals surface area contributed by atoms with E-state index >= 15 is 0 Å². The minimum atomic E-state index is -0.122. The third-order valence-electron chi connectivity index (χ3n) is 6.48. The van der Waals surface area contributed by atoms with E-state index in [-0.39, 0.29) is 42.5 Å². The van der Waals surface area contributed by atoms with Crippen molar-refractivity contribution in [3.05, 3.63) is 0 Å². The van der Waals surface area contributed by atoms with Crippen molar-refractivity contribution in [3.63, 3.8) is 0 Å². The van der Waals surface area contributed by atoms with Gasteiger partial charge in [0.05, 0.1) is 11.8 Å². The lowest BCUT2D eigenvalue weighted by Gasteiger charge is -2.31. The van der Waals surface area contributed by atoms with E-state index < -0.39 is 0 Å². The van der Waals surface area contributed by atoms with Crippen LogP contribution in [-0.4, -0.2) is 60.2 Å². The summed E-state index contributed by atoms with van der Waals surface area (Å²) in [7, 11) is 2.13. The van der Waals surface area contributed by atoms with Crippen molar-refractivity contribution in [1.29, 1.82) is 0 Å². The van der Waals surface area contributed by atoms with Gasteiger partial charge >= 0.3 is 0 Å². The quantitative estimate of drug-likeness (QED) is 0.702. The lowest BCUT2D eigenvalue weighted by atomic mass is 9.81. The largest absolute Gasteiger partial charge is 0.355 e. The molecule has 0 aromatic heterocycles. The van der Waals surface area contributed by atoms with Gasteiger partial charge in [-0.1, -0.05) is 32.1 Å². The van der Waals surface area contributed by atoms with Gasteiger partial charge < -0.3 is 10.2 Å². The van der Waals surface area contributed by atoms with Crippen LogP contribution in [0.1, 0.15) is 64.2 Å². The Morgan fingerprint density at radius 2 is 1.58 bits per heavy atom. The van der Waals surface area contributed by atoms with Crippen molar-refractivity contribution in [2.45, 2.75) is 70.3 Å². The van der Waals surface area contributed by atoms with E-state index in [1.165, 1.54) is 37.0 Å². The van der Waals surface area contributed by atoms with Crippen molar-refractivity contribution < 1.29 is 14.4 Å². The van der Waals surface area contributed by atoms with Crippen LogP contribution in [0, 0.1) is 11.8 Å². The maximum Gasteiger partial charge on any atom is 0.233 e. The van der Waals surface area contributed by atoms with Crippen LogP contribution in [-0.2, 0) is 14.4 Å². The fourth-order valence-electron chi connectivity index (χ4n) is 4.83. The Hall–Kier alpha value is -1.43. The van der Waals surface area contributed by atoms with Crippen molar-refractivity contribution >= 4 is 17.7 Å². The van der Waals surface area contributed by atoms with Gasteiger partial charge in [-0.2, -0.15) is 0 Å². The molecular formula is C20H33N3O3. The van der Waals surface area contributed by atoms with Crippen molar-refractivity contribution in [1.82, 2.24) is 15.1 Å². The van der Waals surface area contributed by atoms with Crippen LogP contribution in [0.3, 0.4) is 0 Å². The monoisotopic (exact) mass is 363 g/mol. The highest BCUT2D eigenvalue weighted by atomic mass is 16.2. The molecule has 2 saturated carbocycles. The van der Waals surface area contributed by atoms with Crippen LogP contribution in [0.25, 0.3) is 0 Å². The molecule has 0 aromatic carbocycles. The Morgan fingerprint density at radius 3 is 2.19 bits per heavy atom. The number of rotatable bonds is 7. The van der Waals surface area contributed by atoms with Crippen LogP contribution in [0.5, 0.6) is 0 Å². The number of nitrogens with zero attached hydrogens (tertiary/aromatic N) is 2. The fourth-order valence-corrected chi connectivity index (χ4v) is 4.83. The zero-order valence-electron chi connectivity index (χ0n) is 16.0. The summed E-state index contributed by atoms with van der Waals surface area (Å²) in [5.41, 5.74) is 0.